The molecule has 3 aliphatic rings. The third-order valence-electron chi connectivity index (χ3n) is 8.92. The first kappa shape index (κ1) is 25.4. The number of aromatic carboxylic acids is 1. The number of anilines is 2. The Kier molecular flexibility index (Phi) is 6.12. The molecule has 3 heterocycles. The average molecular weight is 530 g/mol. The number of aromatic nitrogens is 2. The Morgan fingerprint density at radius 1 is 1.15 bits per heavy atom. The van der Waals surface area contributed by atoms with E-state index in [2.05, 4.69) is 22.0 Å². The number of nitrogens with one attached hydrogen (secondary N) is 1. The highest BCUT2D eigenvalue weighted by molar-refractivity contribution is 5.94. The van der Waals surface area contributed by atoms with Crippen LogP contribution in [0.2, 0.25) is 0 Å². The standard InChI is InChI=1S/C30H35N5O4/c1-16-12-20(18(3)31-24-10-6-5-9-19(24)29(38)39)26-21(13-16)27(36)33(4)30(32-26)34-14-22-23(15-34)25(22)28(37)35-11-7-8-17(35)2/h5-6,9-10,12-13,17-18,22-23,25,31H,7-8,11,14-15H2,1-4H3,(H,38,39)/t17-,18?,22-,23+,25?/m0/s1. The lowest BCUT2D eigenvalue weighted by molar-refractivity contribution is -0.133. The van der Waals surface area contributed by atoms with Crippen LogP contribution in [0.15, 0.2) is 41.2 Å². The van der Waals surface area contributed by atoms with Gasteiger partial charge in [-0.1, -0.05) is 18.2 Å². The largest absolute Gasteiger partial charge is 0.478 e. The molecule has 3 fully saturated rings. The van der Waals surface area contributed by atoms with Crippen molar-refractivity contribution in [1.29, 1.82) is 0 Å². The number of hydrogen-bond acceptors (Lipinski definition) is 6. The molecular weight excluding hydrogens is 494 g/mol. The molecule has 2 unspecified atom stereocenters. The third kappa shape index (κ3) is 4.24. The summed E-state index contributed by atoms with van der Waals surface area (Å²) in [5.74, 6) is 0.623. The quantitative estimate of drug-likeness (QED) is 0.500. The van der Waals surface area contributed by atoms with Crippen molar-refractivity contribution in [2.75, 3.05) is 29.9 Å². The molecule has 9 heteroatoms. The van der Waals surface area contributed by atoms with E-state index in [4.69, 9.17) is 4.98 Å². The van der Waals surface area contributed by atoms with E-state index < -0.39 is 5.97 Å². The summed E-state index contributed by atoms with van der Waals surface area (Å²) in [6.45, 7) is 8.34. The summed E-state index contributed by atoms with van der Waals surface area (Å²) in [6, 6.07) is 10.7. The van der Waals surface area contributed by atoms with E-state index in [9.17, 15) is 19.5 Å². The van der Waals surface area contributed by atoms with Gasteiger partial charge < -0.3 is 20.2 Å². The maximum absolute atomic E-state index is 13.5. The zero-order valence-corrected chi connectivity index (χ0v) is 22.8. The number of aryl methyl sites for hydroxylation is 1. The minimum absolute atomic E-state index is 0.0935. The number of likely N-dealkylation sites (tertiary alicyclic amines) is 1. The number of para-hydroxylation sites is 1. The zero-order valence-electron chi connectivity index (χ0n) is 22.8. The number of piperidine rings is 1. The van der Waals surface area contributed by atoms with Gasteiger partial charge in [-0.2, -0.15) is 0 Å². The number of benzene rings is 2. The van der Waals surface area contributed by atoms with Gasteiger partial charge in [0.15, 0.2) is 0 Å². The van der Waals surface area contributed by atoms with E-state index in [0.29, 0.717) is 46.3 Å². The average Bonchev–Trinajstić information content (AvgIpc) is 3.19. The molecule has 2 N–H and O–H groups in total. The molecule has 3 aromatic rings. The van der Waals surface area contributed by atoms with Gasteiger partial charge in [0.2, 0.25) is 11.9 Å². The van der Waals surface area contributed by atoms with Crippen molar-refractivity contribution in [2.45, 2.75) is 45.7 Å². The van der Waals surface area contributed by atoms with Gasteiger partial charge in [-0.3, -0.25) is 14.2 Å². The van der Waals surface area contributed by atoms with E-state index in [1.165, 1.54) is 0 Å². The first-order chi connectivity index (χ1) is 18.7. The number of carboxylic acids is 1. The molecule has 0 bridgehead atoms. The van der Waals surface area contributed by atoms with Crippen molar-refractivity contribution in [3.05, 3.63) is 63.4 Å². The molecule has 1 aliphatic carbocycles. The van der Waals surface area contributed by atoms with Crippen molar-refractivity contribution in [3.63, 3.8) is 0 Å². The van der Waals surface area contributed by atoms with Crippen LogP contribution >= 0.6 is 0 Å². The molecule has 5 atom stereocenters. The Labute approximate surface area is 227 Å². The summed E-state index contributed by atoms with van der Waals surface area (Å²) < 4.78 is 1.62. The number of carbonyl (C=O) groups is 2. The Morgan fingerprint density at radius 3 is 2.54 bits per heavy atom. The number of hydrogen-bond donors (Lipinski definition) is 2. The summed E-state index contributed by atoms with van der Waals surface area (Å²) in [5, 5.41) is 13.5. The molecule has 2 saturated heterocycles. The van der Waals surface area contributed by atoms with Gasteiger partial charge in [0.25, 0.3) is 5.56 Å². The minimum atomic E-state index is -1.00. The minimum Gasteiger partial charge on any atom is -0.478 e. The van der Waals surface area contributed by atoms with Crippen LogP contribution in [0.5, 0.6) is 0 Å². The first-order valence-corrected chi connectivity index (χ1v) is 13.8. The third-order valence-corrected chi connectivity index (χ3v) is 8.92. The number of amides is 1. The van der Waals surface area contributed by atoms with Crippen LogP contribution in [0, 0.1) is 24.7 Å². The maximum atomic E-state index is 13.5. The molecular formula is C30H35N5O4. The van der Waals surface area contributed by atoms with Crippen LogP contribution in [-0.2, 0) is 11.8 Å². The number of fused-ring (bicyclic) bond motifs is 2. The fourth-order valence-electron chi connectivity index (χ4n) is 6.77. The van der Waals surface area contributed by atoms with Gasteiger partial charge in [0.1, 0.15) is 0 Å². The molecule has 6 rings (SSSR count). The van der Waals surface area contributed by atoms with Crippen molar-refractivity contribution in [2.24, 2.45) is 24.8 Å². The Morgan fingerprint density at radius 2 is 1.87 bits per heavy atom. The predicted molar refractivity (Wildman–Crippen MR) is 150 cm³/mol. The second-order valence-electron chi connectivity index (χ2n) is 11.5. The summed E-state index contributed by atoms with van der Waals surface area (Å²) >= 11 is 0. The Bertz CT molecular complexity index is 1540. The van der Waals surface area contributed by atoms with Crippen LogP contribution in [0.4, 0.5) is 11.6 Å². The number of nitrogens with zero attached hydrogens (tertiary/aromatic N) is 4. The smallest absolute Gasteiger partial charge is 0.337 e. The lowest BCUT2D eigenvalue weighted by Gasteiger charge is -2.26. The summed E-state index contributed by atoms with van der Waals surface area (Å²) in [4.78, 5) is 47.7. The molecule has 204 valence electrons. The molecule has 1 amide bonds. The number of carboxylic acid groups (broad SMARTS) is 1. The second kappa shape index (κ2) is 9.39. The zero-order chi connectivity index (χ0) is 27.6. The fraction of sp³-hybridized carbons (Fsp3) is 0.467. The summed E-state index contributed by atoms with van der Waals surface area (Å²) in [7, 11) is 1.76. The fourth-order valence-corrected chi connectivity index (χ4v) is 6.77. The van der Waals surface area contributed by atoms with Crippen molar-refractivity contribution < 1.29 is 14.7 Å². The monoisotopic (exact) mass is 529 g/mol. The molecule has 39 heavy (non-hydrogen) atoms. The van der Waals surface area contributed by atoms with Crippen LogP contribution < -0.4 is 15.8 Å². The van der Waals surface area contributed by atoms with E-state index in [1.807, 2.05) is 26.0 Å². The van der Waals surface area contributed by atoms with Crippen molar-refractivity contribution in [1.82, 2.24) is 14.5 Å². The lowest BCUT2D eigenvalue weighted by Crippen LogP contribution is -2.38. The number of rotatable bonds is 6. The highest BCUT2D eigenvalue weighted by Gasteiger charge is 2.61. The first-order valence-electron chi connectivity index (χ1n) is 13.8. The molecule has 0 radical (unpaired) electrons. The van der Waals surface area contributed by atoms with Crippen LogP contribution in [0.25, 0.3) is 10.9 Å². The summed E-state index contributed by atoms with van der Waals surface area (Å²) in [6.07, 6.45) is 2.17. The maximum Gasteiger partial charge on any atom is 0.337 e. The van der Waals surface area contributed by atoms with Crippen molar-refractivity contribution in [3.8, 4) is 0 Å². The molecule has 1 aromatic heterocycles. The Balaban J connectivity index is 1.30. The van der Waals surface area contributed by atoms with Crippen molar-refractivity contribution >= 4 is 34.4 Å². The highest BCUT2D eigenvalue weighted by Crippen LogP contribution is 2.53. The van der Waals surface area contributed by atoms with Gasteiger partial charge in [0.05, 0.1) is 22.5 Å². The van der Waals surface area contributed by atoms with Gasteiger partial charge in [-0.25, -0.2) is 9.78 Å². The normalized spacial score (nSPS) is 24.6. The molecule has 2 aliphatic heterocycles. The van der Waals surface area contributed by atoms with E-state index in [0.717, 1.165) is 43.6 Å². The van der Waals surface area contributed by atoms with Crippen LogP contribution in [0.3, 0.4) is 0 Å². The van der Waals surface area contributed by atoms with Crippen LogP contribution in [0.1, 0.15) is 54.2 Å². The van der Waals surface area contributed by atoms with Gasteiger partial charge in [-0.05, 0) is 69.2 Å². The molecule has 2 aromatic carbocycles. The molecule has 1 saturated carbocycles. The van der Waals surface area contributed by atoms with E-state index in [1.54, 1.807) is 35.9 Å². The van der Waals surface area contributed by atoms with E-state index >= 15 is 0 Å². The van der Waals surface area contributed by atoms with Crippen LogP contribution in [-0.4, -0.2) is 57.1 Å². The highest BCUT2D eigenvalue weighted by atomic mass is 16.4. The SMILES string of the molecule is Cc1cc(C(C)Nc2ccccc2C(=O)O)c2nc(N3C[C@@H]4C(C(=O)N5CCC[C@@H]5C)[C@@H]4C3)n(C)c(=O)c2c1. The topological polar surface area (TPSA) is 108 Å². The van der Waals surface area contributed by atoms with Gasteiger partial charge in [0, 0.05) is 49.9 Å². The second-order valence-corrected chi connectivity index (χ2v) is 11.5. The molecule has 9 nitrogen and oxygen atoms in total. The van der Waals surface area contributed by atoms with Gasteiger partial charge >= 0.3 is 5.97 Å². The number of carbonyl (C=O) groups excluding carboxylic acids is 1. The molecule has 0 spiro atoms. The lowest BCUT2D eigenvalue weighted by atomic mass is 10.0. The Hall–Kier alpha value is -3.88. The van der Waals surface area contributed by atoms with E-state index in [-0.39, 0.29) is 23.1 Å². The predicted octanol–water partition coefficient (Wildman–Crippen LogP) is 3.81. The summed E-state index contributed by atoms with van der Waals surface area (Å²) in [5.41, 5.74) is 2.98. The van der Waals surface area contributed by atoms with Gasteiger partial charge in [-0.15, -0.1) is 0 Å².